The van der Waals surface area contributed by atoms with Crippen LogP contribution in [-0.4, -0.2) is 27.5 Å². The number of hydrogen-bond acceptors (Lipinski definition) is 5. The summed E-state index contributed by atoms with van der Waals surface area (Å²) in [5.74, 6) is -1.82. The van der Waals surface area contributed by atoms with Crippen molar-refractivity contribution in [1.82, 2.24) is 9.97 Å². The number of carbonyl (C=O) groups excluding carboxylic acids is 2. The molecule has 1 aromatic heterocycles. The maximum Gasteiger partial charge on any atom is 0.257 e. The molecule has 0 saturated carbocycles. The number of fused-ring (bicyclic) bond motifs is 1. The quantitative estimate of drug-likeness (QED) is 0.400. The fourth-order valence-electron chi connectivity index (χ4n) is 2.74. The predicted octanol–water partition coefficient (Wildman–Crippen LogP) is 2.87. The van der Waals surface area contributed by atoms with E-state index in [1.807, 2.05) is 0 Å². The van der Waals surface area contributed by atoms with Gasteiger partial charge in [-0.1, -0.05) is 37.2 Å². The lowest BCUT2D eigenvalue weighted by Crippen LogP contribution is -2.36. The van der Waals surface area contributed by atoms with Crippen molar-refractivity contribution in [3.63, 3.8) is 0 Å². The molecule has 0 fully saturated rings. The van der Waals surface area contributed by atoms with Crippen LogP contribution in [0.3, 0.4) is 0 Å². The molecule has 27 heavy (non-hydrogen) atoms. The Morgan fingerprint density at radius 3 is 2.89 bits per heavy atom. The number of rotatable bonds is 6. The molecule has 142 valence electrons. The Balaban J connectivity index is 1.88. The van der Waals surface area contributed by atoms with Gasteiger partial charge >= 0.3 is 0 Å². The second kappa shape index (κ2) is 8.34. The second-order valence-electron chi connectivity index (χ2n) is 6.11. The van der Waals surface area contributed by atoms with Gasteiger partial charge in [-0.15, -0.1) is 0 Å². The summed E-state index contributed by atoms with van der Waals surface area (Å²) in [6, 6.07) is 5.70. The molecular formula is C18H19FN4O3S. The highest BCUT2D eigenvalue weighted by atomic mass is 32.2. The van der Waals surface area contributed by atoms with E-state index in [1.165, 1.54) is 30.0 Å². The fraction of sp³-hybridized carbons (Fsp3) is 0.333. The Labute approximate surface area is 159 Å². The van der Waals surface area contributed by atoms with Gasteiger partial charge in [0.1, 0.15) is 11.6 Å². The Hall–Kier alpha value is -2.68. The van der Waals surface area contributed by atoms with Crippen LogP contribution in [0.15, 0.2) is 34.2 Å². The summed E-state index contributed by atoms with van der Waals surface area (Å²) >= 11 is 1.38. The molecule has 0 saturated heterocycles. The van der Waals surface area contributed by atoms with E-state index in [0.29, 0.717) is 5.16 Å². The minimum absolute atomic E-state index is 0.00818. The fourth-order valence-corrected chi connectivity index (χ4v) is 3.69. The molecule has 1 aliphatic rings. The zero-order chi connectivity index (χ0) is 19.4. The number of unbranched alkanes of at least 4 members (excludes halogenated alkanes) is 1. The summed E-state index contributed by atoms with van der Waals surface area (Å²) in [6.45, 7) is 2.06. The van der Waals surface area contributed by atoms with Crippen LogP contribution in [-0.2, 0) is 9.59 Å². The smallest absolute Gasteiger partial charge is 0.257 e. The van der Waals surface area contributed by atoms with Crippen LogP contribution in [0.5, 0.6) is 0 Å². The van der Waals surface area contributed by atoms with Crippen molar-refractivity contribution in [3.8, 4) is 0 Å². The Morgan fingerprint density at radius 1 is 1.37 bits per heavy atom. The number of halogens is 1. The molecule has 2 amide bonds. The number of amides is 2. The molecule has 3 rings (SSSR count). The first kappa shape index (κ1) is 19.1. The van der Waals surface area contributed by atoms with Crippen molar-refractivity contribution in [2.45, 2.75) is 37.3 Å². The molecule has 7 nitrogen and oxygen atoms in total. The van der Waals surface area contributed by atoms with Crippen molar-refractivity contribution >= 4 is 35.1 Å². The highest BCUT2D eigenvalue weighted by molar-refractivity contribution is 7.99. The summed E-state index contributed by atoms with van der Waals surface area (Å²) in [5, 5.41) is 5.39. The van der Waals surface area contributed by atoms with Gasteiger partial charge < -0.3 is 15.6 Å². The third-order valence-electron chi connectivity index (χ3n) is 4.11. The second-order valence-corrected chi connectivity index (χ2v) is 7.19. The molecule has 0 aliphatic carbocycles. The number of nitrogens with one attached hydrogen (secondary N) is 3. The van der Waals surface area contributed by atoms with Crippen molar-refractivity contribution in [3.05, 3.63) is 46.0 Å². The lowest BCUT2D eigenvalue weighted by atomic mass is 9.92. The van der Waals surface area contributed by atoms with Gasteiger partial charge in [-0.25, -0.2) is 9.37 Å². The van der Waals surface area contributed by atoms with E-state index in [1.54, 1.807) is 6.07 Å². The summed E-state index contributed by atoms with van der Waals surface area (Å²) in [5.41, 5.74) is -0.401. The maximum atomic E-state index is 13.8. The van der Waals surface area contributed by atoms with Gasteiger partial charge in [0.2, 0.25) is 11.8 Å². The summed E-state index contributed by atoms with van der Waals surface area (Å²) in [4.78, 5) is 44.1. The highest BCUT2D eigenvalue weighted by Crippen LogP contribution is 2.30. The van der Waals surface area contributed by atoms with Gasteiger partial charge in [0.25, 0.3) is 5.56 Å². The van der Waals surface area contributed by atoms with E-state index >= 15 is 0 Å². The van der Waals surface area contributed by atoms with Crippen LogP contribution in [0.2, 0.25) is 0 Å². The van der Waals surface area contributed by atoms with E-state index < -0.39 is 29.1 Å². The highest BCUT2D eigenvalue weighted by Gasteiger charge is 2.35. The largest absolute Gasteiger partial charge is 0.323 e. The van der Waals surface area contributed by atoms with E-state index in [2.05, 4.69) is 27.5 Å². The first-order chi connectivity index (χ1) is 13.0. The van der Waals surface area contributed by atoms with Crippen LogP contribution >= 0.6 is 11.8 Å². The molecular weight excluding hydrogens is 371 g/mol. The van der Waals surface area contributed by atoms with Crippen molar-refractivity contribution < 1.29 is 14.0 Å². The zero-order valence-corrected chi connectivity index (χ0v) is 15.5. The van der Waals surface area contributed by atoms with E-state index in [0.717, 1.165) is 18.6 Å². The van der Waals surface area contributed by atoms with Gasteiger partial charge in [0.05, 0.1) is 17.2 Å². The number of nitrogens with zero attached hydrogens (tertiary/aromatic N) is 1. The van der Waals surface area contributed by atoms with Crippen molar-refractivity contribution in [1.29, 1.82) is 0 Å². The number of H-pyrrole nitrogens is 1. The number of para-hydroxylation sites is 1. The topological polar surface area (TPSA) is 104 Å². The van der Waals surface area contributed by atoms with E-state index in [9.17, 15) is 18.8 Å². The van der Waals surface area contributed by atoms with Gasteiger partial charge in [-0.2, -0.15) is 0 Å². The lowest BCUT2D eigenvalue weighted by molar-refractivity contribution is -0.123. The summed E-state index contributed by atoms with van der Waals surface area (Å²) < 4.78 is 13.8. The Kier molecular flexibility index (Phi) is 5.90. The van der Waals surface area contributed by atoms with Gasteiger partial charge in [0.15, 0.2) is 5.16 Å². The summed E-state index contributed by atoms with van der Waals surface area (Å²) in [7, 11) is 0. The number of benzene rings is 1. The maximum absolute atomic E-state index is 13.8. The first-order valence-electron chi connectivity index (χ1n) is 8.61. The van der Waals surface area contributed by atoms with E-state index in [-0.39, 0.29) is 23.5 Å². The molecule has 3 N–H and O–H groups in total. The standard InChI is InChI=1S/C18H19FN4O3S/c1-2-3-8-27-18-22-15-14(17(26)23-18)10(9-13(24)21-15)16(25)20-12-7-5-4-6-11(12)19/h4-7,10H,2-3,8-9H2,1H3,(H,20,25)(H2,21,22,23,24,26)/t10-/m1/s1. The molecule has 2 aromatic rings. The number of thioether (sulfide) groups is 1. The van der Waals surface area contributed by atoms with Gasteiger partial charge in [-0.05, 0) is 18.6 Å². The molecule has 9 heteroatoms. The monoisotopic (exact) mass is 390 g/mol. The number of carbonyl (C=O) groups is 2. The van der Waals surface area contributed by atoms with Crippen molar-refractivity contribution in [2.75, 3.05) is 16.4 Å². The zero-order valence-electron chi connectivity index (χ0n) is 14.7. The molecule has 1 aliphatic heterocycles. The van der Waals surface area contributed by atoms with Crippen molar-refractivity contribution in [2.24, 2.45) is 0 Å². The number of aromatic amines is 1. The molecule has 0 bridgehead atoms. The number of aromatic nitrogens is 2. The van der Waals surface area contributed by atoms with Crippen LogP contribution in [0.1, 0.15) is 37.7 Å². The molecule has 0 unspecified atom stereocenters. The molecule has 1 aromatic carbocycles. The number of hydrogen-bond donors (Lipinski definition) is 3. The van der Waals surface area contributed by atoms with Gasteiger partial charge in [-0.3, -0.25) is 14.4 Å². The normalized spacial score (nSPS) is 15.8. The first-order valence-corrected chi connectivity index (χ1v) is 9.60. The molecule has 1 atom stereocenters. The average Bonchev–Trinajstić information content (AvgIpc) is 2.62. The molecule has 2 heterocycles. The predicted molar refractivity (Wildman–Crippen MR) is 102 cm³/mol. The molecule has 0 spiro atoms. The Bertz CT molecular complexity index is 931. The van der Waals surface area contributed by atoms with Gasteiger partial charge in [0, 0.05) is 12.2 Å². The summed E-state index contributed by atoms with van der Waals surface area (Å²) in [6.07, 6.45) is 1.77. The van der Waals surface area contributed by atoms with Crippen LogP contribution in [0.4, 0.5) is 15.9 Å². The minimum atomic E-state index is -1.04. The number of anilines is 2. The van der Waals surface area contributed by atoms with E-state index in [4.69, 9.17) is 0 Å². The SMILES string of the molecule is CCCCSc1nc2c(c(=O)[nH]1)[C@H](C(=O)Nc1ccccc1F)CC(=O)N2. The Morgan fingerprint density at radius 2 is 2.15 bits per heavy atom. The third-order valence-corrected chi connectivity index (χ3v) is 5.07. The lowest BCUT2D eigenvalue weighted by Gasteiger charge is -2.23. The van der Waals surface area contributed by atoms with Crippen LogP contribution < -0.4 is 16.2 Å². The average molecular weight is 390 g/mol. The third kappa shape index (κ3) is 4.36. The van der Waals surface area contributed by atoms with Crippen LogP contribution in [0.25, 0.3) is 0 Å². The minimum Gasteiger partial charge on any atom is -0.323 e. The molecule has 0 radical (unpaired) electrons. The van der Waals surface area contributed by atoms with Crippen LogP contribution in [0, 0.1) is 5.82 Å².